The molecule has 186 valence electrons. The summed E-state index contributed by atoms with van der Waals surface area (Å²) in [5.41, 5.74) is 3.66. The molecule has 4 aromatic rings. The number of sulfone groups is 1. The van der Waals surface area contributed by atoms with Gasteiger partial charge in [-0.05, 0) is 29.5 Å². The quantitative estimate of drug-likeness (QED) is 0.372. The third-order valence-electron chi connectivity index (χ3n) is 6.33. The number of nitrogens with zero attached hydrogens (tertiary/aromatic N) is 4. The molecule has 1 aromatic carbocycles. The van der Waals surface area contributed by atoms with Crippen molar-refractivity contribution in [2.45, 2.75) is 24.7 Å². The molecule has 0 radical (unpaired) electrons. The summed E-state index contributed by atoms with van der Waals surface area (Å²) in [7, 11) is -1.76. The lowest BCUT2D eigenvalue weighted by Gasteiger charge is -2.22. The SMILES string of the molecule is CNC(=O)c1ccnc2c(C(C)[C@H](C)CNc3cc(-c4cncc(S(C)(=O)=O)c4)ncn3)cccc12. The topological polar surface area (TPSA) is 127 Å². The van der Waals surface area contributed by atoms with E-state index >= 15 is 0 Å². The van der Waals surface area contributed by atoms with Crippen molar-refractivity contribution in [3.63, 3.8) is 0 Å². The van der Waals surface area contributed by atoms with Crippen LogP contribution in [0.5, 0.6) is 0 Å². The maximum absolute atomic E-state index is 12.3. The molecule has 1 amide bonds. The van der Waals surface area contributed by atoms with Gasteiger partial charge in [-0.25, -0.2) is 18.4 Å². The van der Waals surface area contributed by atoms with E-state index in [2.05, 4.69) is 50.5 Å². The molecule has 1 unspecified atom stereocenters. The zero-order chi connectivity index (χ0) is 25.9. The van der Waals surface area contributed by atoms with Crippen LogP contribution >= 0.6 is 0 Å². The summed E-state index contributed by atoms with van der Waals surface area (Å²) >= 11 is 0. The van der Waals surface area contributed by atoms with Crippen molar-refractivity contribution in [2.24, 2.45) is 5.92 Å². The molecule has 0 aliphatic carbocycles. The monoisotopic (exact) mass is 504 g/mol. The Labute approximate surface area is 210 Å². The third kappa shape index (κ3) is 5.33. The minimum atomic E-state index is -3.37. The highest BCUT2D eigenvalue weighted by molar-refractivity contribution is 7.90. The lowest BCUT2D eigenvalue weighted by atomic mass is 9.87. The maximum Gasteiger partial charge on any atom is 0.251 e. The van der Waals surface area contributed by atoms with Gasteiger partial charge in [0.2, 0.25) is 0 Å². The molecule has 9 nitrogen and oxygen atoms in total. The molecule has 0 saturated heterocycles. The number of anilines is 1. The Balaban J connectivity index is 1.52. The number of benzene rings is 1. The van der Waals surface area contributed by atoms with Crippen molar-refractivity contribution in [2.75, 3.05) is 25.2 Å². The second-order valence-corrected chi connectivity index (χ2v) is 10.8. The Morgan fingerprint density at radius 3 is 2.61 bits per heavy atom. The van der Waals surface area contributed by atoms with E-state index in [-0.39, 0.29) is 22.6 Å². The summed E-state index contributed by atoms with van der Waals surface area (Å²) in [6.07, 6.45) is 7.15. The Hall–Kier alpha value is -3.92. The lowest BCUT2D eigenvalue weighted by Crippen LogP contribution is -2.19. The second kappa shape index (κ2) is 10.4. The van der Waals surface area contributed by atoms with Gasteiger partial charge in [-0.1, -0.05) is 32.0 Å². The number of amides is 1. The fraction of sp³-hybridized carbons (Fsp3) is 0.269. The highest BCUT2D eigenvalue weighted by atomic mass is 32.2. The fourth-order valence-corrected chi connectivity index (χ4v) is 4.61. The van der Waals surface area contributed by atoms with Gasteiger partial charge in [0, 0.05) is 55.5 Å². The van der Waals surface area contributed by atoms with Gasteiger partial charge in [0.05, 0.1) is 21.7 Å². The van der Waals surface area contributed by atoms with Gasteiger partial charge in [0.15, 0.2) is 9.84 Å². The van der Waals surface area contributed by atoms with Crippen LogP contribution in [0, 0.1) is 5.92 Å². The van der Waals surface area contributed by atoms with E-state index in [9.17, 15) is 13.2 Å². The van der Waals surface area contributed by atoms with E-state index in [1.165, 1.54) is 12.5 Å². The number of hydrogen-bond donors (Lipinski definition) is 2. The van der Waals surface area contributed by atoms with Gasteiger partial charge in [-0.2, -0.15) is 0 Å². The van der Waals surface area contributed by atoms with Gasteiger partial charge in [-0.15, -0.1) is 0 Å². The van der Waals surface area contributed by atoms with Crippen LogP contribution in [0.15, 0.2) is 66.2 Å². The largest absolute Gasteiger partial charge is 0.370 e. The molecule has 3 aromatic heterocycles. The van der Waals surface area contributed by atoms with Gasteiger partial charge >= 0.3 is 0 Å². The second-order valence-electron chi connectivity index (χ2n) is 8.80. The average Bonchev–Trinajstić information content (AvgIpc) is 2.90. The van der Waals surface area contributed by atoms with Crippen LogP contribution in [0.25, 0.3) is 22.2 Å². The molecule has 10 heteroatoms. The number of rotatable bonds is 8. The first kappa shape index (κ1) is 25.2. The number of aromatic nitrogens is 4. The Morgan fingerprint density at radius 2 is 1.86 bits per heavy atom. The van der Waals surface area contributed by atoms with E-state index in [1.807, 2.05) is 12.1 Å². The molecule has 0 fully saturated rings. The van der Waals surface area contributed by atoms with E-state index < -0.39 is 9.84 Å². The van der Waals surface area contributed by atoms with Crippen LogP contribution in [-0.2, 0) is 9.84 Å². The van der Waals surface area contributed by atoms with Crippen molar-refractivity contribution in [3.8, 4) is 11.3 Å². The molecular formula is C26H28N6O3S. The van der Waals surface area contributed by atoms with E-state index in [4.69, 9.17) is 0 Å². The van der Waals surface area contributed by atoms with Crippen LogP contribution in [0.3, 0.4) is 0 Å². The molecule has 36 heavy (non-hydrogen) atoms. The summed E-state index contributed by atoms with van der Waals surface area (Å²) < 4.78 is 23.8. The van der Waals surface area contributed by atoms with E-state index in [1.54, 1.807) is 37.6 Å². The lowest BCUT2D eigenvalue weighted by molar-refractivity contribution is 0.0964. The number of nitrogens with one attached hydrogen (secondary N) is 2. The summed E-state index contributed by atoms with van der Waals surface area (Å²) in [6.45, 7) is 4.91. The number of hydrogen-bond acceptors (Lipinski definition) is 8. The van der Waals surface area contributed by atoms with E-state index in [0.29, 0.717) is 29.2 Å². The highest BCUT2D eigenvalue weighted by Gasteiger charge is 2.20. The third-order valence-corrected chi connectivity index (χ3v) is 7.41. The van der Waals surface area contributed by atoms with Crippen molar-refractivity contribution in [3.05, 3.63) is 72.4 Å². The number of carbonyl (C=O) groups is 1. The zero-order valence-corrected chi connectivity index (χ0v) is 21.4. The van der Waals surface area contributed by atoms with Crippen molar-refractivity contribution >= 4 is 32.5 Å². The first-order valence-corrected chi connectivity index (χ1v) is 13.4. The number of para-hydroxylation sites is 1. The van der Waals surface area contributed by atoms with E-state index in [0.717, 1.165) is 22.7 Å². The van der Waals surface area contributed by atoms with Gasteiger partial charge in [-0.3, -0.25) is 14.8 Å². The maximum atomic E-state index is 12.3. The smallest absolute Gasteiger partial charge is 0.251 e. The predicted molar refractivity (Wildman–Crippen MR) is 140 cm³/mol. The Bertz CT molecular complexity index is 1520. The van der Waals surface area contributed by atoms with Gasteiger partial charge < -0.3 is 10.6 Å². The molecular weight excluding hydrogens is 476 g/mol. The van der Waals surface area contributed by atoms with Crippen molar-refractivity contribution in [1.29, 1.82) is 0 Å². The molecule has 2 atom stereocenters. The summed E-state index contributed by atoms with van der Waals surface area (Å²) in [6, 6.07) is 11.0. The molecule has 3 heterocycles. The summed E-state index contributed by atoms with van der Waals surface area (Å²) in [5, 5.41) is 6.88. The molecule has 0 spiro atoms. The van der Waals surface area contributed by atoms with Crippen LogP contribution in [-0.4, -0.2) is 54.1 Å². The van der Waals surface area contributed by atoms with Gasteiger partial charge in [0.1, 0.15) is 12.1 Å². The minimum Gasteiger partial charge on any atom is -0.370 e. The van der Waals surface area contributed by atoms with Crippen LogP contribution in [0.1, 0.15) is 35.7 Å². The predicted octanol–water partition coefficient (Wildman–Crippen LogP) is 3.70. The standard InChI is InChI=1S/C26H28N6O3S/c1-16(17(2)20-6-5-7-21-22(26(33)27-3)8-9-29-25(20)21)12-30-24-11-23(31-15-32-24)18-10-19(14-28-13-18)36(4,34)35/h5-11,13-17H,12H2,1-4H3,(H,27,33)(H,30,31,32)/t16-,17?/m1/s1. The number of fused-ring (bicyclic) bond motifs is 1. The molecule has 2 N–H and O–H groups in total. The molecule has 0 bridgehead atoms. The Kier molecular flexibility index (Phi) is 7.25. The Morgan fingerprint density at radius 1 is 1.06 bits per heavy atom. The molecule has 0 saturated carbocycles. The minimum absolute atomic E-state index is 0.138. The highest BCUT2D eigenvalue weighted by Crippen LogP contribution is 2.31. The normalized spacial score (nSPS) is 13.2. The first-order valence-electron chi connectivity index (χ1n) is 11.5. The van der Waals surface area contributed by atoms with Crippen LogP contribution in [0.2, 0.25) is 0 Å². The zero-order valence-electron chi connectivity index (χ0n) is 20.6. The van der Waals surface area contributed by atoms with Crippen molar-refractivity contribution < 1.29 is 13.2 Å². The first-order chi connectivity index (χ1) is 17.2. The van der Waals surface area contributed by atoms with Crippen LogP contribution in [0.4, 0.5) is 5.82 Å². The van der Waals surface area contributed by atoms with Gasteiger partial charge in [0.25, 0.3) is 5.91 Å². The number of pyridine rings is 2. The molecule has 0 aliphatic rings. The van der Waals surface area contributed by atoms with Crippen LogP contribution < -0.4 is 10.6 Å². The van der Waals surface area contributed by atoms with Crippen molar-refractivity contribution in [1.82, 2.24) is 25.3 Å². The molecule has 4 rings (SSSR count). The number of carbonyl (C=O) groups excluding carboxylic acids is 1. The average molecular weight is 505 g/mol. The summed E-state index contributed by atoms with van der Waals surface area (Å²) in [4.78, 5) is 29.7. The summed E-state index contributed by atoms with van der Waals surface area (Å²) in [5.74, 6) is 0.834. The fourth-order valence-electron chi connectivity index (χ4n) is 4.02. The molecule has 0 aliphatic heterocycles.